The fraction of sp³-hybridized carbons (Fsp3) is 0.222. The number of hydrogen-bond donors (Lipinski definition) is 0. The highest BCUT2D eigenvalue weighted by Gasteiger charge is 2.01. The van der Waals surface area contributed by atoms with Crippen molar-refractivity contribution in [3.05, 3.63) is 30.2 Å². The summed E-state index contributed by atoms with van der Waals surface area (Å²) in [6.45, 7) is 4.08. The van der Waals surface area contributed by atoms with Crippen molar-refractivity contribution in [3.8, 4) is 0 Å². The van der Waals surface area contributed by atoms with E-state index in [4.69, 9.17) is 0 Å². The minimum atomic E-state index is 1.04. The van der Waals surface area contributed by atoms with Crippen LogP contribution in [0.4, 0.5) is 0 Å². The Bertz CT molecular complexity index is 406. The number of imidazole rings is 1. The molecule has 0 aliphatic rings. The highest BCUT2D eigenvalue weighted by Crippen LogP contribution is 2.01. The van der Waals surface area contributed by atoms with Crippen LogP contribution in [0, 0.1) is 6.92 Å². The number of aryl methyl sites for hydroxylation is 1. The molecule has 3 heteroatoms. The molecule has 0 aromatic carbocycles. The fourth-order valence-electron chi connectivity index (χ4n) is 1.38. The van der Waals surface area contributed by atoms with E-state index in [-0.39, 0.29) is 0 Å². The predicted molar refractivity (Wildman–Crippen MR) is 51.2 cm³/mol. The lowest BCUT2D eigenvalue weighted by Crippen LogP contribution is -2.14. The molecule has 0 saturated carbocycles. The van der Waals surface area contributed by atoms with Gasteiger partial charge in [0.15, 0.2) is 7.28 Å². The van der Waals surface area contributed by atoms with Crippen molar-refractivity contribution in [2.45, 2.75) is 13.7 Å². The standard InChI is InChI=1S/C9H10BN2/c1-7-6-11-9-8(10-2)4-3-5-12(7)9/h3-6H,1-2H3. The Hall–Kier alpha value is -1.25. The van der Waals surface area contributed by atoms with Crippen LogP contribution in [0.1, 0.15) is 5.69 Å². The average Bonchev–Trinajstić information content (AvgIpc) is 2.48. The molecule has 0 bridgehead atoms. The summed E-state index contributed by atoms with van der Waals surface area (Å²) in [6, 6.07) is 4.11. The molecule has 0 amide bonds. The molecule has 2 heterocycles. The van der Waals surface area contributed by atoms with Gasteiger partial charge in [0.25, 0.3) is 0 Å². The highest BCUT2D eigenvalue weighted by atomic mass is 15.0. The zero-order chi connectivity index (χ0) is 8.55. The van der Waals surface area contributed by atoms with Gasteiger partial charge in [0.05, 0.1) is 0 Å². The van der Waals surface area contributed by atoms with Gasteiger partial charge in [-0.05, 0) is 18.5 Å². The van der Waals surface area contributed by atoms with Crippen molar-refractivity contribution in [3.63, 3.8) is 0 Å². The number of nitrogens with zero attached hydrogens (tertiary/aromatic N) is 2. The van der Waals surface area contributed by atoms with E-state index in [2.05, 4.69) is 29.7 Å². The second-order valence-electron chi connectivity index (χ2n) is 2.85. The fourth-order valence-corrected chi connectivity index (χ4v) is 1.38. The zero-order valence-corrected chi connectivity index (χ0v) is 7.28. The van der Waals surface area contributed by atoms with E-state index in [9.17, 15) is 0 Å². The lowest BCUT2D eigenvalue weighted by atomic mass is 9.74. The van der Waals surface area contributed by atoms with Crippen LogP contribution in [0.2, 0.25) is 6.82 Å². The maximum absolute atomic E-state index is 4.32. The minimum Gasteiger partial charge on any atom is -0.305 e. The quantitative estimate of drug-likeness (QED) is 0.565. The highest BCUT2D eigenvalue weighted by molar-refractivity contribution is 6.54. The summed E-state index contributed by atoms with van der Waals surface area (Å²) in [5.41, 5.74) is 3.40. The Morgan fingerprint density at radius 2 is 2.33 bits per heavy atom. The average molecular weight is 157 g/mol. The summed E-state index contributed by atoms with van der Waals surface area (Å²) in [7, 11) is 2.07. The molecule has 0 fully saturated rings. The molecule has 12 heavy (non-hydrogen) atoms. The van der Waals surface area contributed by atoms with Gasteiger partial charge < -0.3 is 4.40 Å². The van der Waals surface area contributed by atoms with Gasteiger partial charge in [-0.25, -0.2) is 4.98 Å². The van der Waals surface area contributed by atoms with Crippen molar-refractivity contribution in [2.75, 3.05) is 0 Å². The Morgan fingerprint density at radius 1 is 1.50 bits per heavy atom. The largest absolute Gasteiger partial charge is 0.305 e. The molecular formula is C9H10BN2. The molecule has 0 saturated heterocycles. The Balaban J connectivity index is 2.81. The summed E-state index contributed by atoms with van der Waals surface area (Å²) in [5, 5.41) is 0. The zero-order valence-electron chi connectivity index (χ0n) is 7.28. The van der Waals surface area contributed by atoms with Crippen molar-refractivity contribution < 1.29 is 0 Å². The maximum atomic E-state index is 4.32. The molecular weight excluding hydrogens is 147 g/mol. The van der Waals surface area contributed by atoms with Gasteiger partial charge in [-0.1, -0.05) is 12.9 Å². The van der Waals surface area contributed by atoms with E-state index in [1.807, 2.05) is 25.3 Å². The smallest absolute Gasteiger partial charge is 0.153 e. The third kappa shape index (κ3) is 0.933. The summed E-state index contributed by atoms with van der Waals surface area (Å²) < 4.78 is 2.09. The van der Waals surface area contributed by atoms with Crippen LogP contribution in [0.3, 0.4) is 0 Å². The van der Waals surface area contributed by atoms with E-state index in [1.165, 1.54) is 11.2 Å². The van der Waals surface area contributed by atoms with Crippen molar-refractivity contribution >= 4 is 18.4 Å². The second kappa shape index (κ2) is 2.66. The van der Waals surface area contributed by atoms with E-state index in [1.54, 1.807) is 0 Å². The normalized spacial score (nSPS) is 10.5. The van der Waals surface area contributed by atoms with Crippen LogP contribution in [-0.2, 0) is 0 Å². The van der Waals surface area contributed by atoms with Crippen molar-refractivity contribution in [2.24, 2.45) is 0 Å². The van der Waals surface area contributed by atoms with Crippen LogP contribution >= 0.6 is 0 Å². The number of hydrogen-bond acceptors (Lipinski definition) is 1. The molecule has 59 valence electrons. The van der Waals surface area contributed by atoms with Crippen LogP contribution in [0.15, 0.2) is 24.5 Å². The molecule has 2 aromatic heterocycles. The second-order valence-corrected chi connectivity index (χ2v) is 2.85. The van der Waals surface area contributed by atoms with Gasteiger partial charge >= 0.3 is 0 Å². The van der Waals surface area contributed by atoms with Crippen LogP contribution < -0.4 is 5.46 Å². The van der Waals surface area contributed by atoms with E-state index < -0.39 is 0 Å². The monoisotopic (exact) mass is 157 g/mol. The third-order valence-electron chi connectivity index (χ3n) is 2.06. The van der Waals surface area contributed by atoms with Gasteiger partial charge in [0.2, 0.25) is 0 Å². The SMILES string of the molecule is C[B]c1cccn2c(C)cnc12. The van der Waals surface area contributed by atoms with Gasteiger partial charge in [-0.15, -0.1) is 0 Å². The number of pyridine rings is 1. The van der Waals surface area contributed by atoms with Gasteiger partial charge in [-0.2, -0.15) is 0 Å². The number of rotatable bonds is 1. The van der Waals surface area contributed by atoms with Crippen molar-refractivity contribution in [1.29, 1.82) is 0 Å². The summed E-state index contributed by atoms with van der Waals surface area (Å²) in [5.74, 6) is 0. The molecule has 0 spiro atoms. The predicted octanol–water partition coefficient (Wildman–Crippen LogP) is 1.02. The molecule has 2 rings (SSSR count). The Morgan fingerprint density at radius 3 is 3.08 bits per heavy atom. The summed E-state index contributed by atoms with van der Waals surface area (Å²) >= 11 is 0. The van der Waals surface area contributed by atoms with E-state index in [0.29, 0.717) is 0 Å². The van der Waals surface area contributed by atoms with Crippen LogP contribution in [0.5, 0.6) is 0 Å². The van der Waals surface area contributed by atoms with Gasteiger partial charge in [0, 0.05) is 18.1 Å². The topological polar surface area (TPSA) is 17.3 Å². The summed E-state index contributed by atoms with van der Waals surface area (Å²) in [6.07, 6.45) is 3.92. The maximum Gasteiger partial charge on any atom is 0.153 e. The Labute approximate surface area is 72.5 Å². The first kappa shape index (κ1) is 7.41. The van der Waals surface area contributed by atoms with Crippen LogP contribution in [0.25, 0.3) is 5.65 Å². The van der Waals surface area contributed by atoms with E-state index >= 15 is 0 Å². The molecule has 2 aromatic rings. The first-order valence-electron chi connectivity index (χ1n) is 4.05. The van der Waals surface area contributed by atoms with Gasteiger partial charge in [-0.3, -0.25) is 0 Å². The molecule has 0 aliphatic carbocycles. The van der Waals surface area contributed by atoms with Crippen LogP contribution in [-0.4, -0.2) is 16.7 Å². The minimum absolute atomic E-state index is 1.04. The molecule has 0 atom stereocenters. The summed E-state index contributed by atoms with van der Waals surface area (Å²) in [4.78, 5) is 4.32. The number of fused-ring (bicyclic) bond motifs is 1. The molecule has 1 radical (unpaired) electrons. The molecule has 0 unspecified atom stereocenters. The lowest BCUT2D eigenvalue weighted by Gasteiger charge is -1.99. The van der Waals surface area contributed by atoms with Crippen molar-refractivity contribution in [1.82, 2.24) is 9.38 Å². The third-order valence-corrected chi connectivity index (χ3v) is 2.06. The lowest BCUT2D eigenvalue weighted by molar-refractivity contribution is 1.12. The Kier molecular flexibility index (Phi) is 1.64. The van der Waals surface area contributed by atoms with E-state index in [0.717, 1.165) is 5.65 Å². The number of aromatic nitrogens is 2. The van der Waals surface area contributed by atoms with Gasteiger partial charge in [0.1, 0.15) is 5.65 Å². The molecule has 2 nitrogen and oxygen atoms in total. The first-order chi connectivity index (χ1) is 5.83. The molecule has 0 N–H and O–H groups in total. The first-order valence-corrected chi connectivity index (χ1v) is 4.05. The molecule has 0 aliphatic heterocycles.